The molecule has 1 unspecified atom stereocenters. The number of halogens is 2. The smallest absolute Gasteiger partial charge is 0.233 e. The number of carbonyl (C=O) groups is 2. The Kier molecular flexibility index (Phi) is 6.41. The van der Waals surface area contributed by atoms with Crippen molar-refractivity contribution in [3.05, 3.63) is 35.6 Å². The molecule has 1 aromatic rings. The minimum atomic E-state index is -0.511. The molecule has 1 saturated carbocycles. The van der Waals surface area contributed by atoms with E-state index in [2.05, 4.69) is 5.32 Å². The van der Waals surface area contributed by atoms with Gasteiger partial charge in [0.2, 0.25) is 11.8 Å². The molecule has 2 amide bonds. The number of amides is 2. The number of hydrogen-bond donors (Lipinski definition) is 2. The molecule has 0 bridgehead atoms. The molecule has 3 rings (SSSR count). The first-order chi connectivity index (χ1) is 11.6. The Morgan fingerprint density at radius 2 is 1.96 bits per heavy atom. The summed E-state index contributed by atoms with van der Waals surface area (Å²) in [6.07, 6.45) is 3.20. The van der Waals surface area contributed by atoms with Gasteiger partial charge in [-0.05, 0) is 43.4 Å². The summed E-state index contributed by atoms with van der Waals surface area (Å²) in [5, 5.41) is 2.81. The first-order valence-corrected chi connectivity index (χ1v) is 8.60. The largest absolute Gasteiger partial charge is 0.355 e. The zero-order valence-corrected chi connectivity index (χ0v) is 15.0. The van der Waals surface area contributed by atoms with Crippen molar-refractivity contribution in [1.82, 2.24) is 10.2 Å². The number of piperidine rings is 1. The van der Waals surface area contributed by atoms with Gasteiger partial charge in [0.15, 0.2) is 0 Å². The molecular weight excluding hydrogens is 345 g/mol. The molecule has 2 aliphatic rings. The SMILES string of the molecule is Cl.NCCNC(=O)C1CCCN(C(=O)C2(c3ccc(F)cc3)CC2)C1. The van der Waals surface area contributed by atoms with Gasteiger partial charge < -0.3 is 16.0 Å². The fourth-order valence-electron chi connectivity index (χ4n) is 3.54. The van der Waals surface area contributed by atoms with Crippen molar-refractivity contribution in [2.24, 2.45) is 11.7 Å². The standard InChI is InChI=1S/C18H24FN3O2.ClH/c19-15-5-3-14(4-6-15)18(7-8-18)17(24)22-11-1-2-13(12-22)16(23)21-10-9-20;/h3-6,13H,1-2,7-12,20H2,(H,21,23);1H. The predicted octanol–water partition coefficient (Wildman–Crippen LogP) is 1.59. The number of hydrogen-bond acceptors (Lipinski definition) is 3. The van der Waals surface area contributed by atoms with E-state index in [1.54, 1.807) is 12.1 Å². The van der Waals surface area contributed by atoms with E-state index < -0.39 is 5.41 Å². The first-order valence-electron chi connectivity index (χ1n) is 8.60. The van der Waals surface area contributed by atoms with E-state index in [0.29, 0.717) is 26.2 Å². The molecule has 5 nitrogen and oxygen atoms in total. The number of nitrogens with two attached hydrogens (primary N) is 1. The second-order valence-corrected chi connectivity index (χ2v) is 6.76. The van der Waals surface area contributed by atoms with Crippen LogP contribution in [-0.4, -0.2) is 42.9 Å². The van der Waals surface area contributed by atoms with Crippen molar-refractivity contribution < 1.29 is 14.0 Å². The number of benzene rings is 1. The number of nitrogens with one attached hydrogen (secondary N) is 1. The second kappa shape index (κ2) is 8.15. The topological polar surface area (TPSA) is 75.4 Å². The molecule has 7 heteroatoms. The molecule has 1 atom stereocenters. The fourth-order valence-corrected chi connectivity index (χ4v) is 3.54. The van der Waals surface area contributed by atoms with E-state index in [-0.39, 0.29) is 36.0 Å². The summed E-state index contributed by atoms with van der Waals surface area (Å²) in [7, 11) is 0. The van der Waals surface area contributed by atoms with Gasteiger partial charge in [-0.1, -0.05) is 12.1 Å². The number of likely N-dealkylation sites (tertiary alicyclic amines) is 1. The number of nitrogens with zero attached hydrogens (tertiary/aromatic N) is 1. The van der Waals surface area contributed by atoms with Crippen LogP contribution in [0.3, 0.4) is 0 Å². The molecule has 25 heavy (non-hydrogen) atoms. The molecule has 3 N–H and O–H groups in total. The molecule has 1 heterocycles. The van der Waals surface area contributed by atoms with Gasteiger partial charge in [-0.15, -0.1) is 12.4 Å². The number of rotatable bonds is 5. The van der Waals surface area contributed by atoms with Gasteiger partial charge in [0, 0.05) is 26.2 Å². The van der Waals surface area contributed by atoms with Crippen LogP contribution < -0.4 is 11.1 Å². The van der Waals surface area contributed by atoms with Crippen LogP contribution in [0.4, 0.5) is 4.39 Å². The molecule has 0 spiro atoms. The average molecular weight is 370 g/mol. The van der Waals surface area contributed by atoms with Crippen molar-refractivity contribution in [3.8, 4) is 0 Å². The zero-order chi connectivity index (χ0) is 17.2. The molecule has 2 fully saturated rings. The average Bonchev–Trinajstić information content (AvgIpc) is 3.41. The summed E-state index contributed by atoms with van der Waals surface area (Å²) < 4.78 is 13.1. The Bertz CT molecular complexity index is 619. The molecule has 1 aliphatic heterocycles. The summed E-state index contributed by atoms with van der Waals surface area (Å²) in [6, 6.07) is 6.22. The van der Waals surface area contributed by atoms with Gasteiger partial charge in [0.1, 0.15) is 5.82 Å². The van der Waals surface area contributed by atoms with Gasteiger partial charge in [0.25, 0.3) is 0 Å². The maximum absolute atomic E-state index is 13.1. The lowest BCUT2D eigenvalue weighted by molar-refractivity contribution is -0.138. The first kappa shape index (κ1) is 19.7. The van der Waals surface area contributed by atoms with Crippen LogP contribution in [0.2, 0.25) is 0 Å². The van der Waals surface area contributed by atoms with E-state index in [1.165, 1.54) is 12.1 Å². The molecule has 1 saturated heterocycles. The van der Waals surface area contributed by atoms with E-state index in [1.807, 2.05) is 4.90 Å². The van der Waals surface area contributed by atoms with Crippen LogP contribution in [0.5, 0.6) is 0 Å². The lowest BCUT2D eigenvalue weighted by Crippen LogP contribution is -2.49. The monoisotopic (exact) mass is 369 g/mol. The van der Waals surface area contributed by atoms with Gasteiger partial charge in [0.05, 0.1) is 11.3 Å². The Balaban J connectivity index is 0.00000225. The van der Waals surface area contributed by atoms with Crippen molar-refractivity contribution in [1.29, 1.82) is 0 Å². The van der Waals surface area contributed by atoms with Crippen LogP contribution in [0.15, 0.2) is 24.3 Å². The molecule has 0 radical (unpaired) electrons. The van der Waals surface area contributed by atoms with E-state index >= 15 is 0 Å². The van der Waals surface area contributed by atoms with Crippen molar-refractivity contribution in [3.63, 3.8) is 0 Å². The number of carbonyl (C=O) groups excluding carboxylic acids is 2. The van der Waals surface area contributed by atoms with Crippen LogP contribution >= 0.6 is 12.4 Å². The van der Waals surface area contributed by atoms with Crippen molar-refractivity contribution in [2.45, 2.75) is 31.1 Å². The van der Waals surface area contributed by atoms with Crippen LogP contribution in [-0.2, 0) is 15.0 Å². The summed E-state index contributed by atoms with van der Waals surface area (Å²) in [4.78, 5) is 27.0. The van der Waals surface area contributed by atoms with E-state index in [9.17, 15) is 14.0 Å². The van der Waals surface area contributed by atoms with Crippen molar-refractivity contribution >= 4 is 24.2 Å². The highest BCUT2D eigenvalue weighted by molar-refractivity contribution is 5.92. The zero-order valence-electron chi connectivity index (χ0n) is 14.2. The predicted molar refractivity (Wildman–Crippen MR) is 95.9 cm³/mol. The van der Waals surface area contributed by atoms with Crippen LogP contribution in [0.1, 0.15) is 31.2 Å². The molecular formula is C18H25ClFN3O2. The van der Waals surface area contributed by atoms with E-state index in [0.717, 1.165) is 31.2 Å². The minimum absolute atomic E-state index is 0. The second-order valence-electron chi connectivity index (χ2n) is 6.76. The van der Waals surface area contributed by atoms with Gasteiger partial charge >= 0.3 is 0 Å². The Morgan fingerprint density at radius 3 is 2.56 bits per heavy atom. The third-order valence-electron chi connectivity index (χ3n) is 5.08. The highest BCUT2D eigenvalue weighted by atomic mass is 35.5. The molecule has 0 aromatic heterocycles. The molecule has 1 aliphatic carbocycles. The fraction of sp³-hybridized carbons (Fsp3) is 0.556. The van der Waals surface area contributed by atoms with Crippen LogP contribution in [0.25, 0.3) is 0 Å². The van der Waals surface area contributed by atoms with Crippen LogP contribution in [0, 0.1) is 11.7 Å². The van der Waals surface area contributed by atoms with Gasteiger partial charge in [-0.25, -0.2) is 4.39 Å². The van der Waals surface area contributed by atoms with Gasteiger partial charge in [-0.2, -0.15) is 0 Å². The quantitative estimate of drug-likeness (QED) is 0.827. The molecule has 1 aromatic carbocycles. The highest BCUT2D eigenvalue weighted by Gasteiger charge is 2.53. The van der Waals surface area contributed by atoms with E-state index in [4.69, 9.17) is 5.73 Å². The lowest BCUT2D eigenvalue weighted by atomic mass is 9.91. The molecule has 138 valence electrons. The van der Waals surface area contributed by atoms with Gasteiger partial charge in [-0.3, -0.25) is 9.59 Å². The maximum atomic E-state index is 13.1. The Morgan fingerprint density at radius 1 is 1.28 bits per heavy atom. The summed E-state index contributed by atoms with van der Waals surface area (Å²) >= 11 is 0. The third-order valence-corrected chi connectivity index (χ3v) is 5.08. The minimum Gasteiger partial charge on any atom is -0.355 e. The summed E-state index contributed by atoms with van der Waals surface area (Å²) in [6.45, 7) is 2.01. The Hall–Kier alpha value is -1.66. The third kappa shape index (κ3) is 4.12. The van der Waals surface area contributed by atoms with Crippen molar-refractivity contribution in [2.75, 3.05) is 26.2 Å². The maximum Gasteiger partial charge on any atom is 0.233 e. The Labute approximate surface area is 153 Å². The lowest BCUT2D eigenvalue weighted by Gasteiger charge is -2.34. The summed E-state index contributed by atoms with van der Waals surface area (Å²) in [5.74, 6) is -0.412. The highest BCUT2D eigenvalue weighted by Crippen LogP contribution is 2.50. The summed E-state index contributed by atoms with van der Waals surface area (Å²) in [5.41, 5.74) is 5.78. The normalized spacial score (nSPS) is 21.2.